The summed E-state index contributed by atoms with van der Waals surface area (Å²) in [5, 5.41) is 15.6. The first-order valence-corrected chi connectivity index (χ1v) is 6.72. The van der Waals surface area contributed by atoms with Crippen molar-refractivity contribution < 1.29 is 19.2 Å². The molecule has 1 heterocycles. The van der Waals surface area contributed by atoms with Gasteiger partial charge < -0.3 is 14.9 Å². The number of aryl methyl sites for hydroxylation is 1. The van der Waals surface area contributed by atoms with Gasteiger partial charge in [-0.15, -0.1) is 0 Å². The van der Waals surface area contributed by atoms with E-state index in [1.807, 2.05) is 0 Å². The Labute approximate surface area is 122 Å². The number of hydrogen-bond donors (Lipinski definition) is 2. The first-order chi connectivity index (χ1) is 9.24. The Bertz CT molecular complexity index is 477. The molecule has 0 spiro atoms. The summed E-state index contributed by atoms with van der Waals surface area (Å²) in [5.74, 6) is -1.03. The number of nitrogens with one attached hydrogen (secondary N) is 1. The van der Waals surface area contributed by atoms with Crippen molar-refractivity contribution in [3.05, 3.63) is 16.5 Å². The number of aliphatic carboxylic acids is 1. The Balaban J connectivity index is 2.33. The fraction of sp³-hybridized carbons (Fsp3) is 0.615. The standard InChI is InChI=1S/C13H19ClN2O4/c1-8-9(11(14)20-16-8)4-5-10(17)15-7-6-13(2,3)12(18)19/h4-7H2,1-3H3,(H,15,17)(H,18,19). The minimum absolute atomic E-state index is 0.150. The third kappa shape index (κ3) is 4.52. The topological polar surface area (TPSA) is 92.4 Å². The van der Waals surface area contributed by atoms with Crippen LogP contribution in [0.15, 0.2) is 4.52 Å². The van der Waals surface area contributed by atoms with Crippen LogP contribution in [0.5, 0.6) is 0 Å². The van der Waals surface area contributed by atoms with Crippen LogP contribution in [0.1, 0.15) is 37.9 Å². The molecule has 0 atom stereocenters. The van der Waals surface area contributed by atoms with Crippen LogP contribution < -0.4 is 5.32 Å². The summed E-state index contributed by atoms with van der Waals surface area (Å²) in [7, 11) is 0. The summed E-state index contributed by atoms with van der Waals surface area (Å²) < 4.78 is 4.80. The van der Waals surface area contributed by atoms with Crippen LogP contribution in [-0.4, -0.2) is 28.7 Å². The highest BCUT2D eigenvalue weighted by Gasteiger charge is 2.26. The number of aromatic nitrogens is 1. The van der Waals surface area contributed by atoms with E-state index in [0.717, 1.165) is 5.56 Å². The van der Waals surface area contributed by atoms with E-state index in [0.29, 0.717) is 25.1 Å². The molecule has 20 heavy (non-hydrogen) atoms. The lowest BCUT2D eigenvalue weighted by Crippen LogP contribution is -2.32. The number of nitrogens with zero attached hydrogens (tertiary/aromatic N) is 1. The lowest BCUT2D eigenvalue weighted by Gasteiger charge is -2.18. The van der Waals surface area contributed by atoms with Gasteiger partial charge in [0.05, 0.1) is 11.1 Å². The molecule has 0 bridgehead atoms. The van der Waals surface area contributed by atoms with Crippen molar-refractivity contribution >= 4 is 23.5 Å². The molecule has 2 N–H and O–H groups in total. The van der Waals surface area contributed by atoms with E-state index >= 15 is 0 Å². The van der Waals surface area contributed by atoms with Gasteiger partial charge in [0.15, 0.2) is 0 Å². The normalized spacial score (nSPS) is 11.4. The van der Waals surface area contributed by atoms with E-state index in [1.54, 1.807) is 20.8 Å². The molecule has 0 radical (unpaired) electrons. The van der Waals surface area contributed by atoms with E-state index < -0.39 is 11.4 Å². The lowest BCUT2D eigenvalue weighted by molar-refractivity contribution is -0.147. The highest BCUT2D eigenvalue weighted by Crippen LogP contribution is 2.21. The van der Waals surface area contributed by atoms with E-state index in [1.165, 1.54) is 0 Å². The monoisotopic (exact) mass is 302 g/mol. The van der Waals surface area contributed by atoms with Crippen molar-refractivity contribution in [1.82, 2.24) is 10.5 Å². The van der Waals surface area contributed by atoms with E-state index in [4.69, 9.17) is 21.2 Å². The Morgan fingerprint density at radius 3 is 2.60 bits per heavy atom. The van der Waals surface area contributed by atoms with Gasteiger partial charge in [-0.05, 0) is 45.2 Å². The van der Waals surface area contributed by atoms with Gasteiger partial charge in [0.2, 0.25) is 11.1 Å². The number of rotatable bonds is 7. The molecule has 0 fully saturated rings. The second kappa shape index (κ2) is 6.74. The molecular weight excluding hydrogens is 284 g/mol. The Hall–Kier alpha value is -1.56. The van der Waals surface area contributed by atoms with E-state index in [-0.39, 0.29) is 17.5 Å². The minimum atomic E-state index is -0.876. The van der Waals surface area contributed by atoms with Gasteiger partial charge in [0.25, 0.3) is 0 Å². The summed E-state index contributed by atoms with van der Waals surface area (Å²) in [6.07, 6.45) is 1.08. The second-order valence-electron chi connectivity index (χ2n) is 5.31. The van der Waals surface area contributed by atoms with Crippen molar-refractivity contribution in [3.8, 4) is 0 Å². The number of carboxylic acid groups (broad SMARTS) is 1. The van der Waals surface area contributed by atoms with Crippen molar-refractivity contribution in [1.29, 1.82) is 0 Å². The van der Waals surface area contributed by atoms with Gasteiger partial charge in [-0.3, -0.25) is 9.59 Å². The smallest absolute Gasteiger partial charge is 0.309 e. The molecule has 0 aliphatic heterocycles. The molecule has 7 heteroatoms. The average molecular weight is 303 g/mol. The van der Waals surface area contributed by atoms with Crippen molar-refractivity contribution in [3.63, 3.8) is 0 Å². The Kier molecular flexibility index (Phi) is 5.56. The summed E-state index contributed by atoms with van der Waals surface area (Å²) in [6, 6.07) is 0. The van der Waals surface area contributed by atoms with Crippen molar-refractivity contribution in [2.75, 3.05) is 6.54 Å². The molecule has 1 amide bonds. The number of carbonyl (C=O) groups excluding carboxylic acids is 1. The van der Waals surface area contributed by atoms with Crippen LogP contribution in [0.3, 0.4) is 0 Å². The first kappa shape index (κ1) is 16.5. The molecule has 0 saturated carbocycles. The molecule has 0 aliphatic rings. The van der Waals surface area contributed by atoms with Crippen LogP contribution in [0.4, 0.5) is 0 Å². The third-order valence-electron chi connectivity index (χ3n) is 3.19. The quantitative estimate of drug-likeness (QED) is 0.805. The molecule has 0 aliphatic carbocycles. The molecule has 1 aromatic heterocycles. The van der Waals surface area contributed by atoms with Gasteiger partial charge in [-0.25, -0.2) is 0 Å². The molecule has 0 unspecified atom stereocenters. The summed E-state index contributed by atoms with van der Waals surface area (Å²) >= 11 is 5.80. The molecule has 0 aromatic carbocycles. The molecule has 1 rings (SSSR count). The van der Waals surface area contributed by atoms with Gasteiger partial charge in [-0.1, -0.05) is 5.16 Å². The zero-order valence-corrected chi connectivity index (χ0v) is 12.6. The van der Waals surface area contributed by atoms with Gasteiger partial charge >= 0.3 is 5.97 Å². The number of amides is 1. The van der Waals surface area contributed by atoms with E-state index in [9.17, 15) is 9.59 Å². The lowest BCUT2D eigenvalue weighted by atomic mass is 9.90. The third-order valence-corrected chi connectivity index (χ3v) is 3.49. The van der Waals surface area contributed by atoms with Crippen LogP contribution in [0, 0.1) is 12.3 Å². The SMILES string of the molecule is Cc1noc(Cl)c1CCC(=O)NCCC(C)(C)C(=O)O. The van der Waals surface area contributed by atoms with Gasteiger partial charge in [-0.2, -0.15) is 0 Å². The maximum absolute atomic E-state index is 11.7. The highest BCUT2D eigenvalue weighted by molar-refractivity contribution is 6.29. The molecular formula is C13H19ClN2O4. The molecule has 6 nitrogen and oxygen atoms in total. The van der Waals surface area contributed by atoms with Crippen molar-refractivity contribution in [2.24, 2.45) is 5.41 Å². The fourth-order valence-electron chi connectivity index (χ4n) is 1.59. The van der Waals surface area contributed by atoms with Gasteiger partial charge in [0.1, 0.15) is 0 Å². The minimum Gasteiger partial charge on any atom is -0.481 e. The summed E-state index contributed by atoms with van der Waals surface area (Å²) in [5.41, 5.74) is 0.560. The molecule has 0 saturated heterocycles. The zero-order valence-electron chi connectivity index (χ0n) is 11.8. The fourth-order valence-corrected chi connectivity index (χ4v) is 1.85. The summed E-state index contributed by atoms with van der Waals surface area (Å²) in [4.78, 5) is 22.6. The van der Waals surface area contributed by atoms with Crippen LogP contribution in [0.25, 0.3) is 0 Å². The number of hydrogen-bond acceptors (Lipinski definition) is 4. The summed E-state index contributed by atoms with van der Waals surface area (Å²) in [6.45, 7) is 5.34. The van der Waals surface area contributed by atoms with Crippen molar-refractivity contribution in [2.45, 2.75) is 40.0 Å². The zero-order chi connectivity index (χ0) is 15.3. The molecule has 1 aromatic rings. The number of halogens is 1. The van der Waals surface area contributed by atoms with Crippen LogP contribution in [-0.2, 0) is 16.0 Å². The first-order valence-electron chi connectivity index (χ1n) is 6.35. The van der Waals surface area contributed by atoms with Gasteiger partial charge in [0, 0.05) is 18.5 Å². The van der Waals surface area contributed by atoms with E-state index in [2.05, 4.69) is 10.5 Å². The second-order valence-corrected chi connectivity index (χ2v) is 5.65. The largest absolute Gasteiger partial charge is 0.481 e. The molecule has 112 valence electrons. The van der Waals surface area contributed by atoms with Crippen LogP contribution >= 0.6 is 11.6 Å². The Morgan fingerprint density at radius 2 is 2.10 bits per heavy atom. The highest BCUT2D eigenvalue weighted by atomic mass is 35.5. The predicted molar refractivity (Wildman–Crippen MR) is 73.6 cm³/mol. The maximum atomic E-state index is 11.7. The number of carboxylic acids is 1. The van der Waals surface area contributed by atoms with Crippen LogP contribution in [0.2, 0.25) is 5.22 Å². The Morgan fingerprint density at radius 1 is 1.45 bits per heavy atom. The maximum Gasteiger partial charge on any atom is 0.309 e. The predicted octanol–water partition coefficient (Wildman–Crippen LogP) is 2.19. The number of carbonyl (C=O) groups is 2. The average Bonchev–Trinajstić information content (AvgIpc) is 2.66.